The van der Waals surface area contributed by atoms with Gasteiger partial charge in [0.1, 0.15) is 0 Å². The van der Waals surface area contributed by atoms with Crippen LogP contribution in [0.5, 0.6) is 0 Å². The molecule has 7 nitrogen and oxygen atoms in total. The molecule has 2 N–H and O–H groups in total. The fraction of sp³-hybridized carbons (Fsp3) is 0.353. The van der Waals surface area contributed by atoms with E-state index < -0.39 is 0 Å². The molecule has 1 fully saturated rings. The lowest BCUT2D eigenvalue weighted by Gasteiger charge is -2.22. The van der Waals surface area contributed by atoms with E-state index in [9.17, 15) is 4.79 Å². The number of halogens is 2. The topological polar surface area (TPSA) is 76.8 Å². The lowest BCUT2D eigenvalue weighted by Crippen LogP contribution is -2.32. The van der Waals surface area contributed by atoms with Crippen LogP contribution in [0.15, 0.2) is 30.5 Å². The molecular formula is C17H20Cl2N6O. The van der Waals surface area contributed by atoms with Gasteiger partial charge in [-0.2, -0.15) is 5.10 Å². The van der Waals surface area contributed by atoms with Crippen molar-refractivity contribution in [2.45, 2.75) is 18.9 Å². The molecule has 4 rings (SSSR count). The summed E-state index contributed by atoms with van der Waals surface area (Å²) in [6, 6.07) is 7.50. The Labute approximate surface area is 162 Å². The number of benzene rings is 1. The van der Waals surface area contributed by atoms with Crippen LogP contribution in [0.25, 0.3) is 11.0 Å². The Morgan fingerprint density at radius 2 is 2.23 bits per heavy atom. The highest BCUT2D eigenvalue weighted by atomic mass is 35.5. The Morgan fingerprint density at radius 3 is 3.00 bits per heavy atom. The van der Waals surface area contributed by atoms with E-state index in [-0.39, 0.29) is 18.3 Å². The summed E-state index contributed by atoms with van der Waals surface area (Å²) in [6.07, 6.45) is 4.05. The predicted octanol–water partition coefficient (Wildman–Crippen LogP) is 3.02. The van der Waals surface area contributed by atoms with Crippen molar-refractivity contribution in [2.24, 2.45) is 7.05 Å². The minimum Gasteiger partial charge on any atom is -0.315 e. The van der Waals surface area contributed by atoms with Crippen LogP contribution in [-0.4, -0.2) is 38.3 Å². The Balaban J connectivity index is 0.00000196. The first-order valence-corrected chi connectivity index (χ1v) is 8.69. The van der Waals surface area contributed by atoms with E-state index in [2.05, 4.69) is 20.7 Å². The van der Waals surface area contributed by atoms with Gasteiger partial charge in [0.2, 0.25) is 5.95 Å². The zero-order chi connectivity index (χ0) is 17.4. The molecule has 1 aliphatic heterocycles. The summed E-state index contributed by atoms with van der Waals surface area (Å²) in [6.45, 7) is 1.93. The number of carbonyl (C=O) groups excluding carboxylic acids is 1. The molecule has 1 amide bonds. The number of aromatic nitrogens is 4. The molecule has 1 saturated heterocycles. The van der Waals surface area contributed by atoms with E-state index in [0.717, 1.165) is 37.0 Å². The number of carbonyl (C=O) groups is 1. The van der Waals surface area contributed by atoms with Gasteiger partial charge in [-0.1, -0.05) is 11.6 Å². The third-order valence-corrected chi connectivity index (χ3v) is 4.79. The van der Waals surface area contributed by atoms with E-state index in [0.29, 0.717) is 22.7 Å². The molecule has 0 radical (unpaired) electrons. The minimum atomic E-state index is -0.271. The second kappa shape index (κ2) is 7.65. The third kappa shape index (κ3) is 3.56. The van der Waals surface area contributed by atoms with E-state index in [1.54, 1.807) is 18.2 Å². The summed E-state index contributed by atoms with van der Waals surface area (Å²) >= 11 is 6.00. The largest absolute Gasteiger partial charge is 0.315 e. The number of fused-ring (bicyclic) bond motifs is 1. The molecule has 1 aliphatic rings. The predicted molar refractivity (Wildman–Crippen MR) is 104 cm³/mol. The highest BCUT2D eigenvalue weighted by Gasteiger charge is 2.19. The number of hydrogen-bond donors (Lipinski definition) is 2. The van der Waals surface area contributed by atoms with Gasteiger partial charge in [0.25, 0.3) is 5.91 Å². The van der Waals surface area contributed by atoms with Crippen LogP contribution in [0.4, 0.5) is 5.95 Å². The molecule has 0 spiro atoms. The maximum absolute atomic E-state index is 12.5. The number of nitrogens with one attached hydrogen (secondary N) is 2. The summed E-state index contributed by atoms with van der Waals surface area (Å²) in [5.41, 5.74) is 2.03. The van der Waals surface area contributed by atoms with Crippen molar-refractivity contribution in [3.05, 3.63) is 41.2 Å². The first-order chi connectivity index (χ1) is 12.1. The molecule has 3 aromatic rings. The Morgan fingerprint density at radius 1 is 1.38 bits per heavy atom. The molecule has 0 saturated carbocycles. The first kappa shape index (κ1) is 18.7. The second-order valence-electron chi connectivity index (χ2n) is 6.26. The van der Waals surface area contributed by atoms with Crippen molar-refractivity contribution in [3.63, 3.8) is 0 Å². The highest BCUT2D eigenvalue weighted by Crippen LogP contribution is 2.22. The van der Waals surface area contributed by atoms with E-state index >= 15 is 0 Å². The molecule has 1 unspecified atom stereocenters. The number of nitrogens with zero attached hydrogens (tertiary/aromatic N) is 4. The average molecular weight is 395 g/mol. The van der Waals surface area contributed by atoms with Crippen molar-refractivity contribution < 1.29 is 4.79 Å². The van der Waals surface area contributed by atoms with Gasteiger partial charge < -0.3 is 9.88 Å². The molecule has 2 aromatic heterocycles. The van der Waals surface area contributed by atoms with Crippen molar-refractivity contribution >= 4 is 46.9 Å². The zero-order valence-electron chi connectivity index (χ0n) is 14.3. The third-order valence-electron chi connectivity index (χ3n) is 4.55. The van der Waals surface area contributed by atoms with E-state index in [1.807, 2.05) is 28.6 Å². The maximum Gasteiger partial charge on any atom is 0.278 e. The molecule has 0 aliphatic carbocycles. The van der Waals surface area contributed by atoms with Crippen LogP contribution in [0.2, 0.25) is 5.02 Å². The van der Waals surface area contributed by atoms with E-state index in [1.165, 1.54) is 0 Å². The van der Waals surface area contributed by atoms with Crippen LogP contribution in [0.1, 0.15) is 29.4 Å². The van der Waals surface area contributed by atoms with Gasteiger partial charge in [0.15, 0.2) is 5.69 Å². The van der Waals surface area contributed by atoms with Crippen LogP contribution in [-0.2, 0) is 7.05 Å². The quantitative estimate of drug-likeness (QED) is 0.715. The molecule has 3 heterocycles. The first-order valence-electron chi connectivity index (χ1n) is 8.31. The van der Waals surface area contributed by atoms with Gasteiger partial charge in [0.05, 0.1) is 17.1 Å². The smallest absolute Gasteiger partial charge is 0.278 e. The number of anilines is 1. The summed E-state index contributed by atoms with van der Waals surface area (Å²) in [4.78, 5) is 17.0. The van der Waals surface area contributed by atoms with Crippen molar-refractivity contribution in [2.75, 3.05) is 18.4 Å². The van der Waals surface area contributed by atoms with Gasteiger partial charge in [-0.25, -0.2) is 4.98 Å². The minimum absolute atomic E-state index is 0. The van der Waals surface area contributed by atoms with Crippen LogP contribution in [0.3, 0.4) is 0 Å². The van der Waals surface area contributed by atoms with Gasteiger partial charge in [-0.15, -0.1) is 12.4 Å². The lowest BCUT2D eigenvalue weighted by molar-refractivity contribution is 0.102. The van der Waals surface area contributed by atoms with Crippen LogP contribution in [0, 0.1) is 0 Å². The molecule has 1 aromatic carbocycles. The van der Waals surface area contributed by atoms with Gasteiger partial charge in [-0.05, 0) is 43.7 Å². The fourth-order valence-corrected chi connectivity index (χ4v) is 3.34. The molecular weight excluding hydrogens is 375 g/mol. The maximum atomic E-state index is 12.5. The van der Waals surface area contributed by atoms with Crippen LogP contribution >= 0.6 is 24.0 Å². The lowest BCUT2D eigenvalue weighted by atomic mass is 10.1. The van der Waals surface area contributed by atoms with Crippen molar-refractivity contribution in [1.82, 2.24) is 24.6 Å². The van der Waals surface area contributed by atoms with Gasteiger partial charge in [0, 0.05) is 24.8 Å². The molecule has 1 atom stereocenters. The monoisotopic (exact) mass is 394 g/mol. The second-order valence-corrected chi connectivity index (χ2v) is 6.70. The van der Waals surface area contributed by atoms with Crippen molar-refractivity contribution in [3.8, 4) is 0 Å². The number of aryl methyl sites for hydroxylation is 1. The molecule has 138 valence electrons. The fourth-order valence-electron chi connectivity index (χ4n) is 3.17. The summed E-state index contributed by atoms with van der Waals surface area (Å²) < 4.78 is 3.70. The highest BCUT2D eigenvalue weighted by molar-refractivity contribution is 6.31. The van der Waals surface area contributed by atoms with Gasteiger partial charge >= 0.3 is 0 Å². The average Bonchev–Trinajstić information content (AvgIpc) is 3.22. The Bertz CT molecular complexity index is 929. The number of rotatable bonds is 3. The number of imidazole rings is 1. The Hall–Kier alpha value is -2.09. The van der Waals surface area contributed by atoms with Crippen molar-refractivity contribution in [1.29, 1.82) is 0 Å². The number of piperidine rings is 1. The van der Waals surface area contributed by atoms with E-state index in [4.69, 9.17) is 11.6 Å². The SMILES string of the molecule is Cl.Cn1c(NC(=O)c2ccn(C3CCCNC3)n2)nc2cc(Cl)ccc21. The zero-order valence-corrected chi connectivity index (χ0v) is 15.8. The summed E-state index contributed by atoms with van der Waals surface area (Å²) in [5, 5.41) is 11.2. The molecule has 0 bridgehead atoms. The number of hydrogen-bond acceptors (Lipinski definition) is 4. The summed E-state index contributed by atoms with van der Waals surface area (Å²) in [5.74, 6) is 0.197. The van der Waals surface area contributed by atoms with Crippen LogP contribution < -0.4 is 10.6 Å². The standard InChI is InChI=1S/C17H19ClN6O.ClH/c1-23-15-5-4-11(18)9-14(15)20-17(23)21-16(25)13-6-8-24(22-13)12-3-2-7-19-10-12;/h4-6,8-9,12,19H,2-3,7,10H2,1H3,(H,20,21,25);1H. The normalized spacial score (nSPS) is 17.1. The molecule has 26 heavy (non-hydrogen) atoms. The summed E-state index contributed by atoms with van der Waals surface area (Å²) in [7, 11) is 1.85. The van der Waals surface area contributed by atoms with Gasteiger partial charge in [-0.3, -0.25) is 14.8 Å². The number of amides is 1. The Kier molecular flexibility index (Phi) is 5.50. The molecule has 9 heteroatoms.